The molecule has 0 amide bonds. The molecule has 0 unspecified atom stereocenters. The highest BCUT2D eigenvalue weighted by molar-refractivity contribution is 4.90. The van der Waals surface area contributed by atoms with Gasteiger partial charge in [0.2, 0.25) is 5.85 Å². The number of alkyl halides is 1. The molecule has 3 atom stereocenters. The van der Waals surface area contributed by atoms with Crippen LogP contribution in [0.25, 0.3) is 0 Å². The minimum Gasteiger partial charge on any atom is -0.390 e. The van der Waals surface area contributed by atoms with E-state index in [1.165, 1.54) is 0 Å². The van der Waals surface area contributed by atoms with Crippen molar-refractivity contribution in [3.05, 3.63) is 33.1 Å². The maximum Gasteiger partial charge on any atom is 0.330 e. The van der Waals surface area contributed by atoms with Gasteiger partial charge < -0.3 is 14.9 Å². The molecule has 17 heavy (non-hydrogen) atoms. The molecule has 1 aliphatic heterocycles. The van der Waals surface area contributed by atoms with Crippen LogP contribution < -0.4 is 11.2 Å². The molecule has 0 spiro atoms. The minimum absolute atomic E-state index is 0.445. The number of nitrogens with one attached hydrogen (secondary N) is 1. The van der Waals surface area contributed by atoms with Crippen LogP contribution in [-0.2, 0) is 4.74 Å². The Labute approximate surface area is 94.1 Å². The first-order valence-corrected chi connectivity index (χ1v) is 4.92. The van der Waals surface area contributed by atoms with Gasteiger partial charge >= 0.3 is 5.69 Å². The maximum absolute atomic E-state index is 13.6. The summed E-state index contributed by atoms with van der Waals surface area (Å²) in [4.78, 5) is 24.2. The molecule has 7 nitrogen and oxygen atoms in total. The Bertz CT molecular complexity index is 527. The summed E-state index contributed by atoms with van der Waals surface area (Å²) in [5, 5.41) is 18.3. The molecular weight excluding hydrogens is 235 g/mol. The normalized spacial score (nSPS) is 32.9. The van der Waals surface area contributed by atoms with Gasteiger partial charge in [0.15, 0.2) is 6.23 Å². The Balaban J connectivity index is 2.35. The Morgan fingerprint density at radius 2 is 2.35 bits per heavy atom. The Hall–Kier alpha value is -1.51. The van der Waals surface area contributed by atoms with Gasteiger partial charge in [-0.05, 0) is 0 Å². The van der Waals surface area contributed by atoms with Crippen LogP contribution in [0.5, 0.6) is 0 Å². The fourth-order valence-corrected chi connectivity index (χ4v) is 1.73. The summed E-state index contributed by atoms with van der Waals surface area (Å²) < 4.78 is 19.3. The third-order valence-corrected chi connectivity index (χ3v) is 2.54. The zero-order chi connectivity index (χ0) is 12.6. The standard InChI is InChI=1S/C9H11FN2O5/c10-9(4-13)3-5(14)7(17-9)12-2-1-6(15)11-8(12)16/h1-2,5,7,13-14H,3-4H2,(H,11,15,16)/t5-,7-,9+/m1/s1. The van der Waals surface area contributed by atoms with Crippen LogP contribution in [0.2, 0.25) is 0 Å². The third kappa shape index (κ3) is 2.14. The van der Waals surface area contributed by atoms with E-state index in [1.54, 1.807) is 0 Å². The van der Waals surface area contributed by atoms with Gasteiger partial charge in [0.1, 0.15) is 12.7 Å². The first-order valence-electron chi connectivity index (χ1n) is 4.92. The summed E-state index contributed by atoms with van der Waals surface area (Å²) >= 11 is 0. The van der Waals surface area contributed by atoms with Gasteiger partial charge in [-0.3, -0.25) is 14.3 Å². The van der Waals surface area contributed by atoms with Crippen molar-refractivity contribution in [1.82, 2.24) is 9.55 Å². The molecule has 8 heteroatoms. The Kier molecular flexibility index (Phi) is 2.86. The first-order chi connectivity index (χ1) is 7.95. The van der Waals surface area contributed by atoms with E-state index >= 15 is 0 Å². The van der Waals surface area contributed by atoms with Crippen LogP contribution in [-0.4, -0.2) is 38.3 Å². The van der Waals surface area contributed by atoms with Crippen molar-refractivity contribution in [2.45, 2.75) is 24.6 Å². The molecular formula is C9H11FN2O5. The van der Waals surface area contributed by atoms with E-state index < -0.39 is 42.5 Å². The molecule has 0 aromatic carbocycles. The molecule has 1 aliphatic rings. The number of ether oxygens (including phenoxy) is 1. The average molecular weight is 246 g/mol. The van der Waals surface area contributed by atoms with Gasteiger partial charge in [0.05, 0.1) is 0 Å². The van der Waals surface area contributed by atoms with E-state index in [0.29, 0.717) is 0 Å². The molecule has 1 aromatic heterocycles. The molecule has 0 aliphatic carbocycles. The zero-order valence-electron chi connectivity index (χ0n) is 8.67. The molecule has 1 aromatic rings. The summed E-state index contributed by atoms with van der Waals surface area (Å²) in [5.41, 5.74) is -1.42. The second-order valence-electron chi connectivity index (χ2n) is 3.84. The van der Waals surface area contributed by atoms with Gasteiger partial charge in [-0.2, -0.15) is 0 Å². The predicted molar refractivity (Wildman–Crippen MR) is 53.0 cm³/mol. The maximum atomic E-state index is 13.6. The van der Waals surface area contributed by atoms with E-state index in [4.69, 9.17) is 9.84 Å². The number of aliphatic hydroxyl groups is 2. The monoisotopic (exact) mass is 246 g/mol. The van der Waals surface area contributed by atoms with Crippen molar-refractivity contribution >= 4 is 0 Å². The number of halogens is 1. The van der Waals surface area contributed by atoms with Crippen LogP contribution >= 0.6 is 0 Å². The molecule has 3 N–H and O–H groups in total. The predicted octanol–water partition coefficient (Wildman–Crippen LogP) is -1.53. The van der Waals surface area contributed by atoms with Gasteiger partial charge in [0, 0.05) is 18.7 Å². The van der Waals surface area contributed by atoms with E-state index in [1.807, 2.05) is 4.98 Å². The van der Waals surface area contributed by atoms with Gasteiger partial charge in [0.25, 0.3) is 5.56 Å². The fraction of sp³-hybridized carbons (Fsp3) is 0.556. The number of nitrogens with zero attached hydrogens (tertiary/aromatic N) is 1. The number of rotatable bonds is 2. The number of aromatic amines is 1. The SMILES string of the molecule is O=c1ccn([C@@H]2O[C@](F)(CO)C[C@H]2O)c(=O)[nH]1. The summed E-state index contributed by atoms with van der Waals surface area (Å²) in [6, 6.07) is 1.05. The number of H-pyrrole nitrogens is 1. The van der Waals surface area contributed by atoms with Gasteiger partial charge in [-0.1, -0.05) is 0 Å². The van der Waals surface area contributed by atoms with E-state index in [2.05, 4.69) is 0 Å². The summed E-state index contributed by atoms with van der Waals surface area (Å²) in [5.74, 6) is -2.38. The first kappa shape index (κ1) is 12.0. The summed E-state index contributed by atoms with van der Waals surface area (Å²) in [7, 11) is 0. The summed E-state index contributed by atoms with van der Waals surface area (Å²) in [6.07, 6.45) is -1.90. The average Bonchev–Trinajstić information content (AvgIpc) is 2.55. The number of aliphatic hydroxyl groups excluding tert-OH is 2. The lowest BCUT2D eigenvalue weighted by molar-refractivity contribution is -0.180. The van der Waals surface area contributed by atoms with Crippen molar-refractivity contribution in [3.63, 3.8) is 0 Å². The van der Waals surface area contributed by atoms with Crippen molar-refractivity contribution < 1.29 is 19.3 Å². The molecule has 2 rings (SSSR count). The second-order valence-corrected chi connectivity index (χ2v) is 3.84. The number of aromatic nitrogens is 2. The lowest BCUT2D eigenvalue weighted by Crippen LogP contribution is -2.35. The quantitative estimate of drug-likeness (QED) is 0.587. The smallest absolute Gasteiger partial charge is 0.330 e. The van der Waals surface area contributed by atoms with Gasteiger partial charge in [-0.15, -0.1) is 0 Å². The van der Waals surface area contributed by atoms with Gasteiger partial charge in [-0.25, -0.2) is 9.18 Å². The minimum atomic E-state index is -2.38. The molecule has 1 saturated heterocycles. The molecule has 0 bridgehead atoms. The molecule has 2 heterocycles. The molecule has 94 valence electrons. The highest BCUT2D eigenvalue weighted by atomic mass is 19.2. The highest BCUT2D eigenvalue weighted by Gasteiger charge is 2.47. The van der Waals surface area contributed by atoms with Crippen molar-refractivity contribution in [2.75, 3.05) is 6.61 Å². The highest BCUT2D eigenvalue weighted by Crippen LogP contribution is 2.36. The van der Waals surface area contributed by atoms with Crippen molar-refractivity contribution in [1.29, 1.82) is 0 Å². The van der Waals surface area contributed by atoms with Crippen LogP contribution in [0.4, 0.5) is 4.39 Å². The van der Waals surface area contributed by atoms with Crippen LogP contribution in [0, 0.1) is 0 Å². The topological polar surface area (TPSA) is 105 Å². The van der Waals surface area contributed by atoms with Crippen LogP contribution in [0.3, 0.4) is 0 Å². The van der Waals surface area contributed by atoms with Crippen LogP contribution in [0.15, 0.2) is 21.9 Å². The fourth-order valence-electron chi connectivity index (χ4n) is 1.73. The molecule has 0 radical (unpaired) electrons. The Morgan fingerprint density at radius 3 is 2.88 bits per heavy atom. The number of hydrogen-bond donors (Lipinski definition) is 3. The summed E-state index contributed by atoms with van der Waals surface area (Å²) in [6.45, 7) is -0.918. The Morgan fingerprint density at radius 1 is 1.65 bits per heavy atom. The van der Waals surface area contributed by atoms with E-state index in [0.717, 1.165) is 16.8 Å². The molecule has 0 saturated carbocycles. The number of hydrogen-bond acceptors (Lipinski definition) is 5. The molecule has 1 fully saturated rings. The lowest BCUT2D eigenvalue weighted by atomic mass is 10.2. The van der Waals surface area contributed by atoms with E-state index in [-0.39, 0.29) is 0 Å². The zero-order valence-corrected chi connectivity index (χ0v) is 8.67. The largest absolute Gasteiger partial charge is 0.390 e. The van der Waals surface area contributed by atoms with Crippen molar-refractivity contribution in [2.24, 2.45) is 0 Å². The van der Waals surface area contributed by atoms with Crippen molar-refractivity contribution in [3.8, 4) is 0 Å². The third-order valence-electron chi connectivity index (χ3n) is 2.54. The van der Waals surface area contributed by atoms with E-state index in [9.17, 15) is 19.1 Å². The lowest BCUT2D eigenvalue weighted by Gasteiger charge is -2.18. The second kappa shape index (κ2) is 4.06. The van der Waals surface area contributed by atoms with Crippen LogP contribution in [0.1, 0.15) is 12.6 Å².